The number of halogens is 3. The smallest absolute Gasteiger partial charge is 0.256 e. The number of hydrogen-bond acceptors (Lipinski definition) is 3. The van der Waals surface area contributed by atoms with E-state index in [1.165, 1.54) is 12.1 Å². The van der Waals surface area contributed by atoms with Crippen LogP contribution in [0, 0.1) is 11.7 Å². The SMILES string of the molecule is CCC(C)C(N)C(=O)N1CCN(C(=O)c2ccc(Cl)cc2F)CC1.Cl. The topological polar surface area (TPSA) is 66.6 Å². The van der Waals surface area contributed by atoms with Gasteiger partial charge in [-0.05, 0) is 24.1 Å². The highest BCUT2D eigenvalue weighted by atomic mass is 35.5. The van der Waals surface area contributed by atoms with Crippen molar-refractivity contribution in [3.63, 3.8) is 0 Å². The zero-order chi connectivity index (χ0) is 17.9. The van der Waals surface area contributed by atoms with Gasteiger partial charge in [-0.2, -0.15) is 0 Å². The molecule has 0 bridgehead atoms. The molecule has 1 aliphatic rings. The van der Waals surface area contributed by atoms with Gasteiger partial charge in [0.05, 0.1) is 11.6 Å². The van der Waals surface area contributed by atoms with Crippen molar-refractivity contribution in [3.05, 3.63) is 34.6 Å². The average molecular weight is 392 g/mol. The molecule has 0 saturated carbocycles. The molecule has 8 heteroatoms. The fourth-order valence-electron chi connectivity index (χ4n) is 2.67. The molecule has 2 N–H and O–H groups in total. The minimum absolute atomic E-state index is 0. The predicted molar refractivity (Wildman–Crippen MR) is 98.6 cm³/mol. The van der Waals surface area contributed by atoms with Crippen LogP contribution in [0.3, 0.4) is 0 Å². The monoisotopic (exact) mass is 391 g/mol. The number of benzene rings is 1. The van der Waals surface area contributed by atoms with Crippen LogP contribution < -0.4 is 5.73 Å². The summed E-state index contributed by atoms with van der Waals surface area (Å²) in [6, 6.07) is 3.48. The van der Waals surface area contributed by atoms with Crippen molar-refractivity contribution in [2.24, 2.45) is 11.7 Å². The number of nitrogens with zero attached hydrogens (tertiary/aromatic N) is 2. The standard InChI is InChI=1S/C17H23ClFN3O2.ClH/c1-3-11(2)15(20)17(24)22-8-6-21(7-9-22)16(23)13-5-4-12(18)10-14(13)19;/h4-5,10-11,15H,3,6-9,20H2,1-2H3;1H. The molecule has 1 heterocycles. The first-order valence-electron chi connectivity index (χ1n) is 8.13. The minimum atomic E-state index is -0.634. The Hall–Kier alpha value is -1.37. The summed E-state index contributed by atoms with van der Waals surface area (Å²) in [5.74, 6) is -0.998. The number of nitrogens with two attached hydrogens (primary N) is 1. The Morgan fingerprint density at radius 1 is 1.24 bits per heavy atom. The highest BCUT2D eigenvalue weighted by Crippen LogP contribution is 2.18. The van der Waals surface area contributed by atoms with Gasteiger partial charge >= 0.3 is 0 Å². The van der Waals surface area contributed by atoms with Crippen LogP contribution in [0.2, 0.25) is 5.02 Å². The number of carbonyl (C=O) groups is 2. The van der Waals surface area contributed by atoms with Crippen molar-refractivity contribution in [1.82, 2.24) is 9.80 Å². The van der Waals surface area contributed by atoms with Gasteiger partial charge in [0.25, 0.3) is 5.91 Å². The molecular weight excluding hydrogens is 368 g/mol. The van der Waals surface area contributed by atoms with E-state index in [1.807, 2.05) is 13.8 Å². The number of piperazine rings is 1. The predicted octanol–water partition coefficient (Wildman–Crippen LogP) is 2.56. The molecule has 5 nitrogen and oxygen atoms in total. The summed E-state index contributed by atoms with van der Waals surface area (Å²) in [7, 11) is 0. The second-order valence-electron chi connectivity index (χ2n) is 6.15. The Balaban J connectivity index is 0.00000312. The Morgan fingerprint density at radius 2 is 1.80 bits per heavy atom. The second kappa shape index (κ2) is 9.36. The highest BCUT2D eigenvalue weighted by molar-refractivity contribution is 6.30. The fraction of sp³-hybridized carbons (Fsp3) is 0.529. The molecule has 0 spiro atoms. The first-order valence-corrected chi connectivity index (χ1v) is 8.51. The molecule has 0 aromatic heterocycles. The van der Waals surface area contributed by atoms with Gasteiger partial charge in [0.2, 0.25) is 5.91 Å². The van der Waals surface area contributed by atoms with Crippen LogP contribution in [0.4, 0.5) is 4.39 Å². The third-order valence-corrected chi connectivity index (χ3v) is 4.82. The molecule has 1 saturated heterocycles. The lowest BCUT2D eigenvalue weighted by atomic mass is 9.98. The molecule has 1 fully saturated rings. The summed E-state index contributed by atoms with van der Waals surface area (Å²) in [5, 5.41) is 0.249. The van der Waals surface area contributed by atoms with E-state index >= 15 is 0 Å². The molecule has 1 aromatic rings. The molecule has 2 unspecified atom stereocenters. The third-order valence-electron chi connectivity index (χ3n) is 4.58. The van der Waals surface area contributed by atoms with Crippen LogP contribution in [-0.4, -0.2) is 53.8 Å². The van der Waals surface area contributed by atoms with Crippen molar-refractivity contribution < 1.29 is 14.0 Å². The molecule has 1 aliphatic heterocycles. The molecule has 2 atom stereocenters. The van der Waals surface area contributed by atoms with Gasteiger partial charge < -0.3 is 15.5 Å². The lowest BCUT2D eigenvalue weighted by molar-refractivity contribution is -0.135. The van der Waals surface area contributed by atoms with Crippen LogP contribution in [0.5, 0.6) is 0 Å². The number of amides is 2. The highest BCUT2D eigenvalue weighted by Gasteiger charge is 2.30. The summed E-state index contributed by atoms with van der Waals surface area (Å²) in [5.41, 5.74) is 5.98. The maximum Gasteiger partial charge on any atom is 0.256 e. The van der Waals surface area contributed by atoms with Crippen molar-refractivity contribution in [2.75, 3.05) is 26.2 Å². The van der Waals surface area contributed by atoms with E-state index in [0.29, 0.717) is 26.2 Å². The van der Waals surface area contributed by atoms with Crippen molar-refractivity contribution in [1.29, 1.82) is 0 Å². The second-order valence-corrected chi connectivity index (χ2v) is 6.59. The van der Waals surface area contributed by atoms with Gasteiger partial charge in [-0.3, -0.25) is 9.59 Å². The van der Waals surface area contributed by atoms with Crippen LogP contribution in [-0.2, 0) is 4.79 Å². The van der Waals surface area contributed by atoms with Gasteiger partial charge in [-0.15, -0.1) is 12.4 Å². The largest absolute Gasteiger partial charge is 0.338 e. The molecule has 140 valence electrons. The molecule has 1 aromatic carbocycles. The maximum absolute atomic E-state index is 13.9. The Labute approximate surface area is 158 Å². The normalized spacial score (nSPS) is 16.8. The minimum Gasteiger partial charge on any atom is -0.338 e. The first-order chi connectivity index (χ1) is 11.3. The zero-order valence-corrected chi connectivity index (χ0v) is 15.9. The van der Waals surface area contributed by atoms with Gasteiger partial charge in [-0.25, -0.2) is 4.39 Å². The Morgan fingerprint density at radius 3 is 2.32 bits per heavy atom. The number of carbonyl (C=O) groups excluding carboxylic acids is 2. The van der Waals surface area contributed by atoms with E-state index in [1.54, 1.807) is 9.80 Å². The number of rotatable bonds is 4. The van der Waals surface area contributed by atoms with Crippen molar-refractivity contribution in [3.8, 4) is 0 Å². The van der Waals surface area contributed by atoms with Gasteiger partial charge in [0, 0.05) is 31.2 Å². The van der Waals surface area contributed by atoms with Crippen LogP contribution in [0.25, 0.3) is 0 Å². The Bertz CT molecular complexity index is 622. The zero-order valence-electron chi connectivity index (χ0n) is 14.4. The summed E-state index contributed by atoms with van der Waals surface area (Å²) in [4.78, 5) is 28.0. The first kappa shape index (κ1) is 21.7. The molecular formula is C17H24Cl2FN3O2. The van der Waals surface area contributed by atoms with Gasteiger partial charge in [-0.1, -0.05) is 31.9 Å². The van der Waals surface area contributed by atoms with Gasteiger partial charge in [0.15, 0.2) is 0 Å². The quantitative estimate of drug-likeness (QED) is 0.857. The lowest BCUT2D eigenvalue weighted by Gasteiger charge is -2.36. The molecule has 25 heavy (non-hydrogen) atoms. The van der Waals surface area contributed by atoms with Crippen LogP contribution in [0.15, 0.2) is 18.2 Å². The lowest BCUT2D eigenvalue weighted by Crippen LogP contribution is -2.55. The Kier molecular flexibility index (Phi) is 8.12. The molecule has 0 aliphatic carbocycles. The summed E-state index contributed by atoms with van der Waals surface area (Å²) >= 11 is 5.71. The number of hydrogen-bond donors (Lipinski definition) is 1. The van der Waals surface area contributed by atoms with E-state index < -0.39 is 11.9 Å². The average Bonchev–Trinajstić information content (AvgIpc) is 2.59. The van der Waals surface area contributed by atoms with Gasteiger partial charge in [0.1, 0.15) is 5.82 Å². The summed E-state index contributed by atoms with van der Waals surface area (Å²) in [6.07, 6.45) is 0.835. The fourth-order valence-corrected chi connectivity index (χ4v) is 2.83. The summed E-state index contributed by atoms with van der Waals surface area (Å²) in [6.45, 7) is 5.48. The van der Waals surface area contributed by atoms with E-state index in [2.05, 4.69) is 0 Å². The van der Waals surface area contributed by atoms with Crippen molar-refractivity contribution >= 4 is 35.8 Å². The van der Waals surface area contributed by atoms with Crippen LogP contribution in [0.1, 0.15) is 30.6 Å². The molecule has 0 radical (unpaired) electrons. The maximum atomic E-state index is 13.9. The molecule has 2 amide bonds. The third kappa shape index (κ3) is 5.06. The van der Waals surface area contributed by atoms with Crippen molar-refractivity contribution in [2.45, 2.75) is 26.3 Å². The summed E-state index contributed by atoms with van der Waals surface area (Å²) < 4.78 is 13.9. The van der Waals surface area contributed by atoms with E-state index in [4.69, 9.17) is 17.3 Å². The molecule has 2 rings (SSSR count). The van der Waals surface area contributed by atoms with E-state index in [-0.39, 0.29) is 40.7 Å². The van der Waals surface area contributed by atoms with E-state index in [0.717, 1.165) is 12.5 Å². The van der Waals surface area contributed by atoms with E-state index in [9.17, 15) is 14.0 Å². The van der Waals surface area contributed by atoms with Crippen LogP contribution >= 0.6 is 24.0 Å².